The number of nitrogens with one attached hydrogen (secondary N) is 1. The van der Waals surface area contributed by atoms with Crippen molar-refractivity contribution in [3.05, 3.63) is 23.7 Å². The molecule has 1 atom stereocenters. The summed E-state index contributed by atoms with van der Waals surface area (Å²) in [5, 5.41) is 10.8. The van der Waals surface area contributed by atoms with Crippen molar-refractivity contribution < 1.29 is 27.9 Å². The first-order chi connectivity index (χ1) is 8.40. The van der Waals surface area contributed by atoms with Gasteiger partial charge in [-0.25, -0.2) is 0 Å². The lowest BCUT2D eigenvalue weighted by atomic mass is 10.3. The van der Waals surface area contributed by atoms with Gasteiger partial charge in [0.1, 0.15) is 11.8 Å². The van der Waals surface area contributed by atoms with Gasteiger partial charge >= 0.3 is 5.97 Å². The number of carboxylic acid groups (broad SMARTS) is 1. The van der Waals surface area contributed by atoms with Gasteiger partial charge in [0.2, 0.25) is 0 Å². The maximum Gasteiger partial charge on any atom is 0.325 e. The number of hydrogen-bond donors (Lipinski definition) is 2. The highest BCUT2D eigenvalue weighted by Crippen LogP contribution is 2.21. The summed E-state index contributed by atoms with van der Waals surface area (Å²) in [6, 6.07) is 1.66. The summed E-state index contributed by atoms with van der Waals surface area (Å²) >= 11 is 0.375. The minimum atomic E-state index is -2.51. The maximum atomic E-state index is 11.9. The number of halogens is 2. The molecular weight excluding hydrogens is 268 g/mol. The minimum Gasteiger partial charge on any atom is -0.480 e. The summed E-state index contributed by atoms with van der Waals surface area (Å²) in [4.78, 5) is 22.0. The second-order valence-corrected chi connectivity index (χ2v) is 4.35. The Morgan fingerprint density at radius 3 is 2.72 bits per heavy atom. The molecule has 100 valence electrons. The van der Waals surface area contributed by atoms with E-state index >= 15 is 0 Å². The molecule has 1 amide bonds. The molecule has 0 aromatic carbocycles. The van der Waals surface area contributed by atoms with Crippen LogP contribution < -0.4 is 5.32 Å². The molecule has 1 aromatic heterocycles. The van der Waals surface area contributed by atoms with Gasteiger partial charge in [-0.3, -0.25) is 9.59 Å². The Morgan fingerprint density at radius 1 is 1.50 bits per heavy atom. The summed E-state index contributed by atoms with van der Waals surface area (Å²) < 4.78 is 28.9. The fourth-order valence-corrected chi connectivity index (χ4v) is 1.50. The zero-order chi connectivity index (χ0) is 13.7. The average Bonchev–Trinajstić information content (AvgIpc) is 2.74. The van der Waals surface area contributed by atoms with Gasteiger partial charge < -0.3 is 14.8 Å². The molecule has 0 unspecified atom stereocenters. The Kier molecular flexibility index (Phi) is 5.14. The Hall–Kier alpha value is -1.57. The summed E-state index contributed by atoms with van der Waals surface area (Å²) in [5.74, 6) is -4.32. The number of carbonyl (C=O) groups is 2. The van der Waals surface area contributed by atoms with Gasteiger partial charge in [-0.15, -0.1) is 0 Å². The number of aliphatic carboxylic acids is 1. The quantitative estimate of drug-likeness (QED) is 0.831. The third-order valence-electron chi connectivity index (χ3n) is 1.96. The van der Waals surface area contributed by atoms with Crippen molar-refractivity contribution >= 4 is 23.6 Å². The van der Waals surface area contributed by atoms with E-state index in [1.54, 1.807) is 0 Å². The van der Waals surface area contributed by atoms with E-state index in [4.69, 9.17) is 9.52 Å². The number of amides is 1. The highest BCUT2D eigenvalue weighted by molar-refractivity contribution is 7.98. The molecule has 0 fully saturated rings. The number of furan rings is 1. The standard InChI is InChI=1S/C10H11F2NO4S/c1-5(9(15)16)13-8(14)7-3-2-6(17-7)4-18-10(11)12/h2-3,5,10H,4H2,1H3,(H,13,14)(H,15,16)/t5-/m0/s1. The van der Waals surface area contributed by atoms with Gasteiger partial charge in [0.25, 0.3) is 11.7 Å². The van der Waals surface area contributed by atoms with Crippen LogP contribution in [0.1, 0.15) is 23.2 Å². The van der Waals surface area contributed by atoms with E-state index in [1.165, 1.54) is 19.1 Å². The lowest BCUT2D eigenvalue weighted by Crippen LogP contribution is -2.38. The van der Waals surface area contributed by atoms with Crippen molar-refractivity contribution in [2.45, 2.75) is 24.5 Å². The normalized spacial score (nSPS) is 12.4. The predicted molar refractivity (Wildman–Crippen MR) is 60.6 cm³/mol. The molecule has 0 radical (unpaired) electrons. The molecule has 5 nitrogen and oxygen atoms in total. The molecule has 0 saturated heterocycles. The lowest BCUT2D eigenvalue weighted by molar-refractivity contribution is -0.138. The number of rotatable bonds is 6. The number of carboxylic acids is 1. The molecule has 0 aliphatic heterocycles. The topological polar surface area (TPSA) is 79.5 Å². The first kappa shape index (κ1) is 14.5. The number of alkyl halides is 2. The number of hydrogen-bond acceptors (Lipinski definition) is 4. The largest absolute Gasteiger partial charge is 0.480 e. The Bertz CT molecular complexity index is 435. The second kappa shape index (κ2) is 6.39. The zero-order valence-electron chi connectivity index (χ0n) is 9.35. The monoisotopic (exact) mass is 279 g/mol. The Morgan fingerprint density at radius 2 is 2.17 bits per heavy atom. The smallest absolute Gasteiger partial charge is 0.325 e. The third kappa shape index (κ3) is 4.36. The Balaban J connectivity index is 2.57. The fourth-order valence-electron chi connectivity index (χ4n) is 1.05. The molecular formula is C10H11F2NO4S. The molecule has 2 N–H and O–H groups in total. The first-order valence-corrected chi connectivity index (χ1v) is 5.97. The predicted octanol–water partition coefficient (Wildman–Crippen LogP) is 1.94. The molecule has 0 spiro atoms. The van der Waals surface area contributed by atoms with E-state index in [1.807, 2.05) is 0 Å². The molecule has 18 heavy (non-hydrogen) atoms. The lowest BCUT2D eigenvalue weighted by Gasteiger charge is -2.06. The summed E-state index contributed by atoms with van der Waals surface area (Å²) in [6.07, 6.45) is 0. The van der Waals surface area contributed by atoms with Crippen molar-refractivity contribution in [1.29, 1.82) is 0 Å². The van der Waals surface area contributed by atoms with E-state index < -0.39 is 23.7 Å². The molecule has 1 heterocycles. The van der Waals surface area contributed by atoms with Gasteiger partial charge in [0.15, 0.2) is 5.76 Å². The van der Waals surface area contributed by atoms with Gasteiger partial charge in [-0.05, 0) is 19.1 Å². The van der Waals surface area contributed by atoms with E-state index in [9.17, 15) is 18.4 Å². The van der Waals surface area contributed by atoms with Crippen LogP contribution in [0.15, 0.2) is 16.5 Å². The summed E-state index contributed by atoms with van der Waals surface area (Å²) in [7, 11) is 0. The van der Waals surface area contributed by atoms with Gasteiger partial charge in [0.05, 0.1) is 5.75 Å². The molecule has 0 aliphatic rings. The van der Waals surface area contributed by atoms with E-state index in [0.717, 1.165) is 0 Å². The van der Waals surface area contributed by atoms with Crippen LogP contribution in [0.3, 0.4) is 0 Å². The third-order valence-corrected chi connectivity index (χ3v) is 2.66. The van der Waals surface area contributed by atoms with E-state index in [0.29, 0.717) is 11.8 Å². The van der Waals surface area contributed by atoms with E-state index in [-0.39, 0.29) is 17.3 Å². The summed E-state index contributed by atoms with van der Waals surface area (Å²) in [6.45, 7) is 1.30. The van der Waals surface area contributed by atoms with Crippen LogP contribution in [-0.4, -0.2) is 28.8 Å². The maximum absolute atomic E-state index is 11.9. The molecule has 0 bridgehead atoms. The first-order valence-electron chi connectivity index (χ1n) is 4.92. The second-order valence-electron chi connectivity index (χ2n) is 3.37. The average molecular weight is 279 g/mol. The van der Waals surface area contributed by atoms with Gasteiger partial charge in [-0.2, -0.15) is 8.78 Å². The van der Waals surface area contributed by atoms with Crippen molar-refractivity contribution in [2.75, 3.05) is 0 Å². The van der Waals surface area contributed by atoms with Crippen LogP contribution in [0.4, 0.5) is 8.78 Å². The van der Waals surface area contributed by atoms with Crippen LogP contribution >= 0.6 is 11.8 Å². The van der Waals surface area contributed by atoms with Crippen LogP contribution in [0.5, 0.6) is 0 Å². The molecule has 1 rings (SSSR count). The number of thioether (sulfide) groups is 1. The molecule has 0 aliphatic carbocycles. The molecule has 8 heteroatoms. The van der Waals surface area contributed by atoms with Crippen LogP contribution in [0.25, 0.3) is 0 Å². The van der Waals surface area contributed by atoms with Crippen LogP contribution in [-0.2, 0) is 10.5 Å². The number of carbonyl (C=O) groups excluding carboxylic acids is 1. The van der Waals surface area contributed by atoms with Gasteiger partial charge in [0, 0.05) is 0 Å². The molecule has 1 aromatic rings. The van der Waals surface area contributed by atoms with Crippen molar-refractivity contribution in [3.8, 4) is 0 Å². The Labute approximate surface area is 106 Å². The van der Waals surface area contributed by atoms with Crippen molar-refractivity contribution in [1.82, 2.24) is 5.32 Å². The van der Waals surface area contributed by atoms with Crippen LogP contribution in [0, 0.1) is 0 Å². The fraction of sp³-hybridized carbons (Fsp3) is 0.400. The van der Waals surface area contributed by atoms with Crippen molar-refractivity contribution in [3.63, 3.8) is 0 Å². The van der Waals surface area contributed by atoms with Gasteiger partial charge in [-0.1, -0.05) is 11.8 Å². The van der Waals surface area contributed by atoms with Crippen LogP contribution in [0.2, 0.25) is 0 Å². The zero-order valence-corrected chi connectivity index (χ0v) is 10.2. The summed E-state index contributed by atoms with van der Waals surface area (Å²) in [5.41, 5.74) is 0. The molecule has 0 saturated carbocycles. The highest BCUT2D eigenvalue weighted by Gasteiger charge is 2.18. The SMILES string of the molecule is C[C@H](NC(=O)c1ccc(CSC(F)F)o1)C(=O)O. The highest BCUT2D eigenvalue weighted by atomic mass is 32.2. The van der Waals surface area contributed by atoms with Crippen molar-refractivity contribution in [2.24, 2.45) is 0 Å². The minimum absolute atomic E-state index is 0.0561. The van der Waals surface area contributed by atoms with E-state index in [2.05, 4.69) is 5.32 Å².